The van der Waals surface area contributed by atoms with Crippen LogP contribution in [-0.2, 0) is 20.7 Å². The van der Waals surface area contributed by atoms with E-state index in [2.05, 4.69) is 16.0 Å². The molecule has 0 radical (unpaired) electrons. The summed E-state index contributed by atoms with van der Waals surface area (Å²) in [6.45, 7) is 4.00. The van der Waals surface area contributed by atoms with Gasteiger partial charge in [-0.3, -0.25) is 9.59 Å². The summed E-state index contributed by atoms with van der Waals surface area (Å²) < 4.78 is 43.7. The molecule has 0 bridgehead atoms. The van der Waals surface area contributed by atoms with Crippen molar-refractivity contribution in [2.45, 2.75) is 61.0 Å². The molecule has 194 valence electrons. The molecule has 1 aromatic carbocycles. The molecule has 2 aliphatic heterocycles. The molecule has 1 aromatic rings. The number of hydrogen-bond donors (Lipinski definition) is 3. The largest absolute Gasteiger partial charge is 0.450 e. The molecule has 3 amide bonds. The van der Waals surface area contributed by atoms with Crippen LogP contribution in [0, 0.1) is 0 Å². The summed E-state index contributed by atoms with van der Waals surface area (Å²) in [4.78, 5) is 39.7. The molecule has 12 heteroatoms. The third-order valence-corrected chi connectivity index (χ3v) is 7.03. The number of thioether (sulfide) groups is 1. The number of hydrogen-bond acceptors (Lipinski definition) is 6. The van der Waals surface area contributed by atoms with Gasteiger partial charge in [-0.1, -0.05) is 18.2 Å². The summed E-state index contributed by atoms with van der Waals surface area (Å²) in [7, 11) is 0. The second-order valence-corrected chi connectivity index (χ2v) is 9.75. The van der Waals surface area contributed by atoms with Crippen molar-refractivity contribution in [2.75, 3.05) is 32.8 Å². The minimum absolute atomic E-state index is 0.0349. The molecule has 3 rings (SSSR count). The zero-order chi connectivity index (χ0) is 25.5. The molecule has 0 aliphatic carbocycles. The van der Waals surface area contributed by atoms with Gasteiger partial charge in [0.15, 0.2) is 0 Å². The van der Waals surface area contributed by atoms with Crippen LogP contribution >= 0.6 is 11.8 Å². The molecule has 8 nitrogen and oxygen atoms in total. The second kappa shape index (κ2) is 12.0. The summed E-state index contributed by atoms with van der Waals surface area (Å²) in [6.07, 6.45) is 1.23. The third kappa shape index (κ3) is 7.76. The van der Waals surface area contributed by atoms with Crippen LogP contribution in [-0.4, -0.2) is 72.7 Å². The maximum Gasteiger partial charge on any atom is 0.446 e. The second-order valence-electron chi connectivity index (χ2n) is 8.65. The lowest BCUT2D eigenvalue weighted by Gasteiger charge is -2.39. The number of halogens is 3. The highest BCUT2D eigenvalue weighted by atomic mass is 32.2. The molecule has 0 saturated carbocycles. The fourth-order valence-corrected chi connectivity index (χ4v) is 5.03. The van der Waals surface area contributed by atoms with Crippen LogP contribution in [0.5, 0.6) is 0 Å². The van der Waals surface area contributed by atoms with Gasteiger partial charge in [-0.2, -0.15) is 13.2 Å². The van der Waals surface area contributed by atoms with E-state index in [1.807, 2.05) is 0 Å². The number of amides is 3. The first-order valence-electron chi connectivity index (χ1n) is 11.7. The predicted molar refractivity (Wildman–Crippen MR) is 125 cm³/mol. The zero-order valence-electron chi connectivity index (χ0n) is 19.6. The van der Waals surface area contributed by atoms with Crippen LogP contribution < -0.4 is 16.0 Å². The van der Waals surface area contributed by atoms with E-state index >= 15 is 0 Å². The number of carbonyl (C=O) groups is 3. The summed E-state index contributed by atoms with van der Waals surface area (Å²) in [6, 6.07) is 5.74. The van der Waals surface area contributed by atoms with Crippen molar-refractivity contribution >= 4 is 29.7 Å². The summed E-state index contributed by atoms with van der Waals surface area (Å²) in [5, 5.41) is 9.03. The molecule has 2 heterocycles. The van der Waals surface area contributed by atoms with E-state index in [0.29, 0.717) is 58.5 Å². The van der Waals surface area contributed by atoms with Crippen molar-refractivity contribution in [1.29, 1.82) is 0 Å². The van der Waals surface area contributed by atoms with E-state index in [4.69, 9.17) is 4.74 Å². The highest BCUT2D eigenvalue weighted by molar-refractivity contribution is 8.00. The number of nitrogens with one attached hydrogen (secondary N) is 3. The molecule has 2 fully saturated rings. The number of alkyl halides is 3. The van der Waals surface area contributed by atoms with Gasteiger partial charge in [0.05, 0.1) is 13.0 Å². The quantitative estimate of drug-likeness (QED) is 0.482. The Labute approximate surface area is 206 Å². The SMILES string of the molecule is CCOC(=O)N1CCC(NC(=O)C2(NC(=O)Cc3ccccc3SC(F)(F)F)CCNCC2)CC1. The van der Waals surface area contributed by atoms with E-state index < -0.39 is 17.0 Å². The Hall–Kier alpha value is -2.47. The Morgan fingerprint density at radius 1 is 1.17 bits per heavy atom. The van der Waals surface area contributed by atoms with E-state index in [9.17, 15) is 27.6 Å². The summed E-state index contributed by atoms with van der Waals surface area (Å²) >= 11 is -0.257. The van der Waals surface area contributed by atoms with Crippen molar-refractivity contribution < 1.29 is 32.3 Å². The van der Waals surface area contributed by atoms with Crippen molar-refractivity contribution in [1.82, 2.24) is 20.9 Å². The summed E-state index contributed by atoms with van der Waals surface area (Å²) in [5.74, 6) is -0.811. The van der Waals surface area contributed by atoms with Crippen LogP contribution in [0.4, 0.5) is 18.0 Å². The minimum atomic E-state index is -4.47. The summed E-state index contributed by atoms with van der Waals surface area (Å²) in [5.41, 5.74) is -5.36. The monoisotopic (exact) mass is 516 g/mol. The van der Waals surface area contributed by atoms with E-state index in [0.717, 1.165) is 0 Å². The van der Waals surface area contributed by atoms with E-state index in [-0.39, 0.29) is 46.7 Å². The number of benzene rings is 1. The molecule has 0 spiro atoms. The first-order valence-corrected chi connectivity index (χ1v) is 12.5. The Kier molecular flexibility index (Phi) is 9.28. The molecule has 0 atom stereocenters. The molecule has 0 unspecified atom stereocenters. The normalized spacial score (nSPS) is 18.6. The lowest BCUT2D eigenvalue weighted by Crippen LogP contribution is -2.64. The zero-order valence-corrected chi connectivity index (χ0v) is 20.4. The number of piperidine rings is 2. The molecular weight excluding hydrogens is 485 g/mol. The average Bonchev–Trinajstić information content (AvgIpc) is 2.80. The lowest BCUT2D eigenvalue weighted by atomic mass is 9.86. The average molecular weight is 517 g/mol. The maximum atomic E-state index is 13.3. The lowest BCUT2D eigenvalue weighted by molar-refractivity contribution is -0.135. The molecular formula is C23H31F3N4O4S. The van der Waals surface area contributed by atoms with Gasteiger partial charge >= 0.3 is 11.6 Å². The van der Waals surface area contributed by atoms with Crippen LogP contribution in [0.3, 0.4) is 0 Å². The number of carbonyl (C=O) groups excluding carboxylic acids is 3. The van der Waals surface area contributed by atoms with Gasteiger partial charge in [-0.15, -0.1) is 0 Å². The predicted octanol–water partition coefficient (Wildman–Crippen LogP) is 2.82. The highest BCUT2D eigenvalue weighted by Gasteiger charge is 2.42. The molecule has 0 aromatic heterocycles. The van der Waals surface area contributed by atoms with Crippen molar-refractivity contribution in [3.05, 3.63) is 29.8 Å². The minimum Gasteiger partial charge on any atom is -0.450 e. The van der Waals surface area contributed by atoms with Gasteiger partial charge in [0.1, 0.15) is 5.54 Å². The van der Waals surface area contributed by atoms with Gasteiger partial charge in [0.2, 0.25) is 11.8 Å². The standard InChI is InChI=1S/C23H31F3N4O4S/c1-2-34-21(33)30-13-7-17(8-14-30)28-20(32)22(9-11-27-12-10-22)29-19(31)15-16-5-3-4-6-18(16)35-23(24,25)26/h3-6,17,27H,2,7-15H2,1H3,(H,28,32)(H,29,31). The number of likely N-dealkylation sites (tertiary alicyclic amines) is 1. The molecule has 2 saturated heterocycles. The number of nitrogens with zero attached hydrogens (tertiary/aromatic N) is 1. The van der Waals surface area contributed by atoms with Crippen molar-refractivity contribution in [2.24, 2.45) is 0 Å². The van der Waals surface area contributed by atoms with Gasteiger partial charge in [0.25, 0.3) is 0 Å². The first kappa shape index (κ1) is 27.1. The fourth-order valence-electron chi connectivity index (χ4n) is 4.37. The van der Waals surface area contributed by atoms with E-state index in [1.165, 1.54) is 18.2 Å². The van der Waals surface area contributed by atoms with E-state index in [1.54, 1.807) is 17.9 Å². The van der Waals surface area contributed by atoms with Crippen LogP contribution in [0.2, 0.25) is 0 Å². The van der Waals surface area contributed by atoms with Crippen molar-refractivity contribution in [3.63, 3.8) is 0 Å². The maximum absolute atomic E-state index is 13.3. The van der Waals surface area contributed by atoms with Crippen LogP contribution in [0.1, 0.15) is 38.2 Å². The Bertz CT molecular complexity index is 901. The topological polar surface area (TPSA) is 99.8 Å². The van der Waals surface area contributed by atoms with Gasteiger partial charge in [-0.25, -0.2) is 4.79 Å². The fraction of sp³-hybridized carbons (Fsp3) is 0.609. The number of ether oxygens (including phenoxy) is 1. The molecule has 2 aliphatic rings. The van der Waals surface area contributed by atoms with Gasteiger partial charge < -0.3 is 25.6 Å². The Morgan fingerprint density at radius 3 is 2.46 bits per heavy atom. The molecule has 3 N–H and O–H groups in total. The van der Waals surface area contributed by atoms with Crippen LogP contribution in [0.25, 0.3) is 0 Å². The smallest absolute Gasteiger partial charge is 0.446 e. The Morgan fingerprint density at radius 2 is 1.83 bits per heavy atom. The van der Waals surface area contributed by atoms with Crippen LogP contribution in [0.15, 0.2) is 29.2 Å². The Balaban J connectivity index is 1.63. The highest BCUT2D eigenvalue weighted by Crippen LogP contribution is 2.38. The van der Waals surface area contributed by atoms with Gasteiger partial charge in [0, 0.05) is 24.0 Å². The third-order valence-electron chi connectivity index (χ3n) is 6.18. The molecule has 35 heavy (non-hydrogen) atoms. The first-order chi connectivity index (χ1) is 16.6. The van der Waals surface area contributed by atoms with Crippen molar-refractivity contribution in [3.8, 4) is 0 Å². The number of rotatable bonds is 7. The van der Waals surface area contributed by atoms with Gasteiger partial charge in [-0.05, 0) is 69.1 Å².